The summed E-state index contributed by atoms with van der Waals surface area (Å²) >= 11 is 0. The molecule has 4 rings (SSSR count). The number of nitro benzene ring substituents is 1. The van der Waals surface area contributed by atoms with E-state index in [-0.39, 0.29) is 17.2 Å². The molecule has 1 aromatic carbocycles. The number of nitrogens with zero attached hydrogens (tertiary/aromatic N) is 4. The van der Waals surface area contributed by atoms with Crippen LogP contribution in [0.25, 0.3) is 0 Å². The lowest BCUT2D eigenvalue weighted by molar-refractivity contribution is -0.385. The third-order valence-electron chi connectivity index (χ3n) is 5.48. The van der Waals surface area contributed by atoms with Crippen LogP contribution in [0.15, 0.2) is 16.7 Å². The molecule has 2 aliphatic rings. The molecule has 9 nitrogen and oxygen atoms in total. The molecular weight excluding hydrogens is 364 g/mol. The predicted octanol–water partition coefficient (Wildman–Crippen LogP) is 3.33. The summed E-state index contributed by atoms with van der Waals surface area (Å²) in [7, 11) is 1.22. The number of rotatable bonds is 5. The molecule has 2 aromatic rings. The topological polar surface area (TPSA) is 112 Å². The highest BCUT2D eigenvalue weighted by Gasteiger charge is 2.32. The Labute approximate surface area is 161 Å². The lowest BCUT2D eigenvalue weighted by atomic mass is 9.95. The summed E-state index contributed by atoms with van der Waals surface area (Å²) in [6.45, 7) is 3.13. The summed E-state index contributed by atoms with van der Waals surface area (Å²) < 4.78 is 10.1. The van der Waals surface area contributed by atoms with Crippen LogP contribution in [0.4, 0.5) is 11.4 Å². The first kappa shape index (κ1) is 18.4. The van der Waals surface area contributed by atoms with E-state index in [2.05, 4.69) is 15.0 Å². The molecule has 0 atom stereocenters. The standard InChI is InChI=1S/C19H22N4O5/c1-11-9-14(10-15(19(24)27-2)16(11)23(25)26)22-7-5-12(6-8-22)17-20-18(28-21-17)13-3-4-13/h9-10,12-13H,3-8H2,1-2H3. The van der Waals surface area contributed by atoms with Gasteiger partial charge >= 0.3 is 5.97 Å². The van der Waals surface area contributed by atoms with Crippen molar-refractivity contribution in [2.45, 2.75) is 44.4 Å². The van der Waals surface area contributed by atoms with Crippen LogP contribution < -0.4 is 4.90 Å². The Bertz CT molecular complexity index is 913. The Morgan fingerprint density at radius 1 is 1.25 bits per heavy atom. The first-order chi connectivity index (χ1) is 13.5. The second kappa shape index (κ2) is 7.21. The number of piperidine rings is 1. The molecule has 0 N–H and O–H groups in total. The average Bonchev–Trinajstić information content (AvgIpc) is 3.43. The minimum absolute atomic E-state index is 0.0168. The molecule has 1 saturated heterocycles. The molecular formula is C19H22N4O5. The van der Waals surface area contributed by atoms with E-state index in [9.17, 15) is 14.9 Å². The van der Waals surface area contributed by atoms with Crippen molar-refractivity contribution in [1.82, 2.24) is 10.1 Å². The van der Waals surface area contributed by atoms with Crippen LogP contribution >= 0.6 is 0 Å². The third-order valence-corrected chi connectivity index (χ3v) is 5.48. The quantitative estimate of drug-likeness (QED) is 0.437. The van der Waals surface area contributed by atoms with Crippen molar-refractivity contribution in [3.05, 3.63) is 45.1 Å². The maximum atomic E-state index is 12.1. The van der Waals surface area contributed by atoms with Crippen molar-refractivity contribution in [3.63, 3.8) is 0 Å². The highest BCUT2D eigenvalue weighted by molar-refractivity contribution is 5.95. The van der Waals surface area contributed by atoms with Crippen LogP contribution in [0, 0.1) is 17.0 Å². The number of esters is 1. The van der Waals surface area contributed by atoms with Gasteiger partial charge in [-0.1, -0.05) is 5.16 Å². The monoisotopic (exact) mass is 386 g/mol. The normalized spacial score (nSPS) is 17.6. The SMILES string of the molecule is COC(=O)c1cc(N2CCC(c3noc(C4CC4)n3)CC2)cc(C)c1[N+](=O)[O-]. The van der Waals surface area contributed by atoms with Crippen molar-refractivity contribution >= 4 is 17.3 Å². The Balaban J connectivity index is 1.51. The van der Waals surface area contributed by atoms with Crippen molar-refractivity contribution in [1.29, 1.82) is 0 Å². The van der Waals surface area contributed by atoms with Crippen molar-refractivity contribution < 1.29 is 19.0 Å². The zero-order chi connectivity index (χ0) is 19.8. The number of carbonyl (C=O) groups excluding carboxylic acids is 1. The van der Waals surface area contributed by atoms with Gasteiger partial charge in [0.1, 0.15) is 5.56 Å². The van der Waals surface area contributed by atoms with Crippen LogP contribution in [0.1, 0.15) is 65.2 Å². The fourth-order valence-electron chi connectivity index (χ4n) is 3.76. The number of anilines is 1. The third kappa shape index (κ3) is 3.44. The van der Waals surface area contributed by atoms with Gasteiger partial charge in [0.05, 0.1) is 12.0 Å². The lowest BCUT2D eigenvalue weighted by Gasteiger charge is -2.32. The average molecular weight is 386 g/mol. The maximum Gasteiger partial charge on any atom is 0.344 e. The Morgan fingerprint density at radius 2 is 1.96 bits per heavy atom. The number of carbonyl (C=O) groups is 1. The number of aromatic nitrogens is 2. The van der Waals surface area contributed by atoms with Gasteiger partial charge in [-0.2, -0.15) is 4.98 Å². The molecule has 0 unspecified atom stereocenters. The fourth-order valence-corrected chi connectivity index (χ4v) is 3.76. The summed E-state index contributed by atoms with van der Waals surface area (Å²) in [6.07, 6.45) is 3.96. The van der Waals surface area contributed by atoms with E-state index in [4.69, 9.17) is 9.26 Å². The molecule has 1 aromatic heterocycles. The van der Waals surface area contributed by atoms with Gasteiger partial charge in [0.2, 0.25) is 5.89 Å². The molecule has 28 heavy (non-hydrogen) atoms. The Hall–Kier alpha value is -2.97. The molecule has 0 amide bonds. The summed E-state index contributed by atoms with van der Waals surface area (Å²) in [5.74, 6) is 1.52. The van der Waals surface area contributed by atoms with Crippen LogP contribution in [-0.4, -0.2) is 41.2 Å². The molecule has 9 heteroatoms. The predicted molar refractivity (Wildman–Crippen MR) is 99.6 cm³/mol. The van der Waals surface area contributed by atoms with E-state index < -0.39 is 10.9 Å². The summed E-state index contributed by atoms with van der Waals surface area (Å²) in [4.78, 5) is 29.6. The number of hydrogen-bond acceptors (Lipinski definition) is 8. The zero-order valence-electron chi connectivity index (χ0n) is 15.9. The smallest absolute Gasteiger partial charge is 0.344 e. The van der Waals surface area contributed by atoms with E-state index in [1.54, 1.807) is 19.1 Å². The van der Waals surface area contributed by atoms with Gasteiger partial charge < -0.3 is 14.2 Å². The minimum Gasteiger partial charge on any atom is -0.465 e. The Morgan fingerprint density at radius 3 is 2.57 bits per heavy atom. The minimum atomic E-state index is -0.703. The van der Waals surface area contributed by atoms with Crippen LogP contribution in [-0.2, 0) is 4.74 Å². The van der Waals surface area contributed by atoms with Crippen LogP contribution in [0.3, 0.4) is 0 Å². The van der Waals surface area contributed by atoms with Gasteiger partial charge in [-0.15, -0.1) is 0 Å². The summed E-state index contributed by atoms with van der Waals surface area (Å²) in [5.41, 5.74) is 1.01. The van der Waals surface area contributed by atoms with E-state index in [0.29, 0.717) is 11.5 Å². The second-order valence-corrected chi connectivity index (χ2v) is 7.43. The van der Waals surface area contributed by atoms with Crippen molar-refractivity contribution in [2.24, 2.45) is 0 Å². The fraction of sp³-hybridized carbons (Fsp3) is 0.526. The molecule has 2 fully saturated rings. The van der Waals surface area contributed by atoms with E-state index in [1.807, 2.05) is 0 Å². The molecule has 148 valence electrons. The molecule has 0 spiro atoms. The second-order valence-electron chi connectivity index (χ2n) is 7.43. The van der Waals surface area contributed by atoms with Crippen LogP contribution in [0.2, 0.25) is 0 Å². The largest absolute Gasteiger partial charge is 0.465 e. The molecule has 2 heterocycles. The molecule has 0 radical (unpaired) electrons. The Kier molecular flexibility index (Phi) is 4.74. The number of nitro groups is 1. The van der Waals surface area contributed by atoms with Gasteiger partial charge in [0.25, 0.3) is 5.69 Å². The molecule has 0 bridgehead atoms. The maximum absolute atomic E-state index is 12.1. The highest BCUT2D eigenvalue weighted by atomic mass is 16.6. The number of methoxy groups -OCH3 is 1. The van der Waals surface area contributed by atoms with E-state index >= 15 is 0 Å². The summed E-state index contributed by atoms with van der Waals surface area (Å²) in [6, 6.07) is 3.31. The first-order valence-electron chi connectivity index (χ1n) is 9.43. The lowest BCUT2D eigenvalue weighted by Crippen LogP contribution is -2.33. The highest BCUT2D eigenvalue weighted by Crippen LogP contribution is 2.40. The van der Waals surface area contributed by atoms with Gasteiger partial charge in [-0.25, -0.2) is 4.79 Å². The van der Waals surface area contributed by atoms with Crippen LogP contribution in [0.5, 0.6) is 0 Å². The number of hydrogen-bond donors (Lipinski definition) is 0. The van der Waals surface area contributed by atoms with Gasteiger partial charge in [-0.05, 0) is 44.7 Å². The summed E-state index contributed by atoms with van der Waals surface area (Å²) in [5, 5.41) is 15.5. The number of aryl methyl sites for hydroxylation is 1. The molecule has 1 saturated carbocycles. The number of benzene rings is 1. The van der Waals surface area contributed by atoms with Crippen molar-refractivity contribution in [3.8, 4) is 0 Å². The molecule has 1 aliphatic carbocycles. The van der Waals surface area contributed by atoms with Crippen molar-refractivity contribution in [2.75, 3.05) is 25.1 Å². The molecule has 1 aliphatic heterocycles. The van der Waals surface area contributed by atoms with E-state index in [1.165, 1.54) is 7.11 Å². The number of ether oxygens (including phenoxy) is 1. The van der Waals surface area contributed by atoms with Gasteiger partial charge in [0.15, 0.2) is 5.82 Å². The van der Waals surface area contributed by atoms with E-state index in [0.717, 1.165) is 56.2 Å². The first-order valence-corrected chi connectivity index (χ1v) is 9.43. The zero-order valence-corrected chi connectivity index (χ0v) is 15.9. The van der Waals surface area contributed by atoms with Gasteiger partial charge in [0, 0.05) is 36.2 Å². The van der Waals surface area contributed by atoms with Gasteiger partial charge in [-0.3, -0.25) is 10.1 Å².